The van der Waals surface area contributed by atoms with Crippen LogP contribution in [0.3, 0.4) is 0 Å². The van der Waals surface area contributed by atoms with E-state index in [0.717, 1.165) is 10.8 Å². The van der Waals surface area contributed by atoms with Gasteiger partial charge in [0.25, 0.3) is 5.69 Å². The Hall–Kier alpha value is -3.06. The summed E-state index contributed by atoms with van der Waals surface area (Å²) >= 11 is 5.77. The molecule has 23 heavy (non-hydrogen) atoms. The third-order valence-corrected chi connectivity index (χ3v) is 3.44. The molecular formula is C15H10ClN5O2. The molecule has 3 rings (SSSR count). The molecular weight excluding hydrogens is 318 g/mol. The minimum absolute atomic E-state index is 0.0834. The molecule has 0 atom stereocenters. The number of fused-ring (bicyclic) bond motifs is 1. The molecule has 0 aliphatic heterocycles. The van der Waals surface area contributed by atoms with Gasteiger partial charge in [0.1, 0.15) is 5.02 Å². The molecule has 2 aromatic carbocycles. The summed E-state index contributed by atoms with van der Waals surface area (Å²) in [7, 11) is 0. The second-order valence-electron chi connectivity index (χ2n) is 4.62. The number of aromatic nitrogens is 2. The number of benzene rings is 2. The van der Waals surface area contributed by atoms with E-state index in [1.54, 1.807) is 12.3 Å². The first kappa shape index (κ1) is 14.9. The highest BCUT2D eigenvalue weighted by Gasteiger charge is 2.11. The molecule has 0 bridgehead atoms. The van der Waals surface area contributed by atoms with Crippen LogP contribution in [-0.2, 0) is 0 Å². The normalized spacial score (nSPS) is 11.0. The monoisotopic (exact) mass is 327 g/mol. The van der Waals surface area contributed by atoms with Gasteiger partial charge in [-0.05, 0) is 6.07 Å². The SMILES string of the molecule is O=[N+]([O-])c1cc(/C=N\Nc2nncc3ccccc23)ccc1Cl. The number of nitrogens with zero attached hydrogens (tertiary/aromatic N) is 4. The summed E-state index contributed by atoms with van der Waals surface area (Å²) in [5.74, 6) is 0.503. The maximum atomic E-state index is 10.9. The van der Waals surface area contributed by atoms with Crippen molar-refractivity contribution in [1.82, 2.24) is 10.2 Å². The zero-order valence-electron chi connectivity index (χ0n) is 11.7. The predicted octanol–water partition coefficient (Wildman–Crippen LogP) is 3.64. The van der Waals surface area contributed by atoms with Crippen LogP contribution in [0.4, 0.5) is 11.5 Å². The predicted molar refractivity (Wildman–Crippen MR) is 88.9 cm³/mol. The van der Waals surface area contributed by atoms with E-state index in [1.165, 1.54) is 18.3 Å². The minimum atomic E-state index is -0.538. The molecule has 0 saturated carbocycles. The molecule has 7 nitrogen and oxygen atoms in total. The third kappa shape index (κ3) is 3.24. The van der Waals surface area contributed by atoms with E-state index in [2.05, 4.69) is 20.7 Å². The summed E-state index contributed by atoms with van der Waals surface area (Å²) in [4.78, 5) is 10.3. The van der Waals surface area contributed by atoms with Crippen LogP contribution in [0.25, 0.3) is 10.8 Å². The molecule has 0 aliphatic carbocycles. The molecule has 1 N–H and O–H groups in total. The van der Waals surface area contributed by atoms with Gasteiger partial charge in [-0.3, -0.25) is 15.5 Å². The van der Waals surface area contributed by atoms with Crippen molar-refractivity contribution in [1.29, 1.82) is 0 Å². The van der Waals surface area contributed by atoms with E-state index >= 15 is 0 Å². The van der Waals surface area contributed by atoms with Crippen LogP contribution in [0, 0.1) is 10.1 Å². The fourth-order valence-corrected chi connectivity index (χ4v) is 2.21. The molecule has 0 radical (unpaired) electrons. The number of hydrazone groups is 1. The van der Waals surface area contributed by atoms with E-state index in [1.807, 2.05) is 24.3 Å². The summed E-state index contributed by atoms with van der Waals surface area (Å²) in [6.45, 7) is 0. The number of hydrogen-bond acceptors (Lipinski definition) is 6. The van der Waals surface area contributed by atoms with Crippen LogP contribution < -0.4 is 5.43 Å². The lowest BCUT2D eigenvalue weighted by molar-refractivity contribution is -0.384. The van der Waals surface area contributed by atoms with E-state index < -0.39 is 4.92 Å². The van der Waals surface area contributed by atoms with Crippen LogP contribution >= 0.6 is 11.6 Å². The van der Waals surface area contributed by atoms with Gasteiger partial charge in [0.05, 0.1) is 17.3 Å². The molecule has 1 heterocycles. The topological polar surface area (TPSA) is 93.3 Å². The number of hydrogen-bond donors (Lipinski definition) is 1. The van der Waals surface area contributed by atoms with Gasteiger partial charge < -0.3 is 0 Å². The first-order valence-corrected chi connectivity index (χ1v) is 6.96. The van der Waals surface area contributed by atoms with Crippen LogP contribution in [0.5, 0.6) is 0 Å². The Morgan fingerprint density at radius 3 is 2.91 bits per heavy atom. The van der Waals surface area contributed by atoms with Crippen molar-refractivity contribution >= 4 is 40.1 Å². The van der Waals surface area contributed by atoms with E-state index in [0.29, 0.717) is 11.4 Å². The molecule has 8 heteroatoms. The van der Waals surface area contributed by atoms with Gasteiger partial charge in [0.2, 0.25) is 0 Å². The van der Waals surface area contributed by atoms with Crippen molar-refractivity contribution in [3.63, 3.8) is 0 Å². The Labute approximate surface area is 135 Å². The Kier molecular flexibility index (Phi) is 4.11. The summed E-state index contributed by atoms with van der Waals surface area (Å²) in [5, 5.41) is 24.7. The zero-order valence-corrected chi connectivity index (χ0v) is 12.4. The second-order valence-corrected chi connectivity index (χ2v) is 5.03. The molecule has 0 amide bonds. The van der Waals surface area contributed by atoms with Gasteiger partial charge in [-0.25, -0.2) is 0 Å². The summed E-state index contributed by atoms with van der Waals surface area (Å²) in [5.41, 5.74) is 3.17. The third-order valence-electron chi connectivity index (χ3n) is 3.12. The number of rotatable bonds is 4. The van der Waals surface area contributed by atoms with Crippen molar-refractivity contribution in [3.05, 3.63) is 69.4 Å². The van der Waals surface area contributed by atoms with Crippen LogP contribution in [-0.4, -0.2) is 21.3 Å². The Balaban J connectivity index is 1.84. The van der Waals surface area contributed by atoms with Gasteiger partial charge >= 0.3 is 0 Å². The number of nitro benzene ring substituents is 1. The van der Waals surface area contributed by atoms with Gasteiger partial charge in [0.15, 0.2) is 5.82 Å². The average Bonchev–Trinajstić information content (AvgIpc) is 2.56. The van der Waals surface area contributed by atoms with Crippen molar-refractivity contribution < 1.29 is 4.92 Å². The van der Waals surface area contributed by atoms with Crippen molar-refractivity contribution in [3.8, 4) is 0 Å². The first-order valence-electron chi connectivity index (χ1n) is 6.58. The van der Waals surface area contributed by atoms with Gasteiger partial charge in [-0.15, -0.1) is 5.10 Å². The number of nitrogens with one attached hydrogen (secondary N) is 1. The smallest absolute Gasteiger partial charge is 0.259 e. The highest BCUT2D eigenvalue weighted by Crippen LogP contribution is 2.24. The lowest BCUT2D eigenvalue weighted by Crippen LogP contribution is -1.97. The fraction of sp³-hybridized carbons (Fsp3) is 0. The maximum absolute atomic E-state index is 10.9. The summed E-state index contributed by atoms with van der Waals surface area (Å²) < 4.78 is 0. The summed E-state index contributed by atoms with van der Waals surface area (Å²) in [6.07, 6.45) is 3.11. The molecule has 114 valence electrons. The quantitative estimate of drug-likeness (QED) is 0.448. The lowest BCUT2D eigenvalue weighted by atomic mass is 10.2. The largest absolute Gasteiger partial charge is 0.288 e. The number of anilines is 1. The van der Waals surface area contributed by atoms with Crippen molar-refractivity contribution in [2.24, 2.45) is 5.10 Å². The van der Waals surface area contributed by atoms with E-state index in [9.17, 15) is 10.1 Å². The number of nitro groups is 1. The minimum Gasteiger partial charge on any atom is -0.259 e. The second kappa shape index (κ2) is 6.37. The van der Waals surface area contributed by atoms with Gasteiger partial charge in [-0.1, -0.05) is 41.9 Å². The van der Waals surface area contributed by atoms with Crippen molar-refractivity contribution in [2.45, 2.75) is 0 Å². The van der Waals surface area contributed by atoms with Crippen molar-refractivity contribution in [2.75, 3.05) is 5.43 Å². The van der Waals surface area contributed by atoms with E-state index in [-0.39, 0.29) is 10.7 Å². The highest BCUT2D eigenvalue weighted by atomic mass is 35.5. The summed E-state index contributed by atoms with van der Waals surface area (Å²) in [6, 6.07) is 12.1. The molecule has 1 aromatic heterocycles. The fourth-order valence-electron chi connectivity index (χ4n) is 2.03. The molecule has 3 aromatic rings. The van der Waals surface area contributed by atoms with E-state index in [4.69, 9.17) is 11.6 Å². The Morgan fingerprint density at radius 2 is 2.09 bits per heavy atom. The standard InChI is InChI=1S/C15H10ClN5O2/c16-13-6-5-10(7-14(13)21(22)23)8-17-19-15-12-4-2-1-3-11(12)9-18-20-15/h1-9H,(H,19,20)/b17-8-. The number of halogens is 1. The molecule has 0 aliphatic rings. The Bertz CT molecular complexity index is 908. The molecule has 0 unspecified atom stereocenters. The van der Waals surface area contributed by atoms with Crippen LogP contribution in [0.2, 0.25) is 5.02 Å². The van der Waals surface area contributed by atoms with Gasteiger partial charge in [-0.2, -0.15) is 10.2 Å². The highest BCUT2D eigenvalue weighted by molar-refractivity contribution is 6.32. The Morgan fingerprint density at radius 1 is 1.26 bits per heavy atom. The molecule has 0 fully saturated rings. The average molecular weight is 328 g/mol. The zero-order chi connectivity index (χ0) is 16.2. The first-order chi connectivity index (χ1) is 11.1. The maximum Gasteiger partial charge on any atom is 0.288 e. The molecule has 0 spiro atoms. The van der Waals surface area contributed by atoms with Gasteiger partial charge in [0, 0.05) is 22.4 Å². The lowest BCUT2D eigenvalue weighted by Gasteiger charge is -2.03. The molecule has 0 saturated heterocycles. The van der Waals surface area contributed by atoms with Crippen LogP contribution in [0.15, 0.2) is 53.8 Å². The van der Waals surface area contributed by atoms with Crippen LogP contribution in [0.1, 0.15) is 5.56 Å².